The van der Waals surface area contributed by atoms with Crippen LogP contribution in [0.15, 0.2) is 83.8 Å². The summed E-state index contributed by atoms with van der Waals surface area (Å²) in [6.07, 6.45) is 3.56. The molecule has 1 N–H and O–H groups in total. The molecule has 1 fully saturated rings. The Labute approximate surface area is 213 Å². The molecule has 1 saturated heterocycles. The predicted molar refractivity (Wildman–Crippen MR) is 141 cm³/mol. The van der Waals surface area contributed by atoms with Crippen molar-refractivity contribution in [2.45, 2.75) is 19.8 Å². The summed E-state index contributed by atoms with van der Waals surface area (Å²) in [5, 5.41) is 7.89. The van der Waals surface area contributed by atoms with Crippen LogP contribution in [-0.2, 0) is 0 Å². The summed E-state index contributed by atoms with van der Waals surface area (Å²) in [4.78, 5) is 28.2. The van der Waals surface area contributed by atoms with Crippen LogP contribution < -0.4 is 15.6 Å². The Morgan fingerprint density at radius 1 is 1.00 bits per heavy atom. The van der Waals surface area contributed by atoms with E-state index in [9.17, 15) is 9.59 Å². The van der Waals surface area contributed by atoms with Crippen molar-refractivity contribution in [2.75, 3.05) is 18.4 Å². The minimum Gasteiger partial charge on any atom is -0.453 e. The molecule has 7 nitrogen and oxygen atoms in total. The monoisotopic (exact) mass is 500 g/mol. The van der Waals surface area contributed by atoms with E-state index in [0.717, 1.165) is 31.5 Å². The van der Waals surface area contributed by atoms with Gasteiger partial charge in [0.1, 0.15) is 5.75 Å². The number of amides is 1. The number of rotatable bonds is 6. The van der Waals surface area contributed by atoms with E-state index in [4.69, 9.17) is 16.3 Å². The molecule has 0 unspecified atom stereocenters. The first-order chi connectivity index (χ1) is 17.5. The molecule has 0 spiro atoms. The number of carbonyl (C=O) groups is 1. The van der Waals surface area contributed by atoms with Gasteiger partial charge in [0.25, 0.3) is 11.5 Å². The fourth-order valence-electron chi connectivity index (χ4n) is 4.18. The van der Waals surface area contributed by atoms with E-state index in [1.807, 2.05) is 36.1 Å². The Bertz CT molecular complexity index is 1460. The Morgan fingerprint density at radius 2 is 1.75 bits per heavy atom. The third-order valence-electron chi connectivity index (χ3n) is 6.04. The molecule has 5 rings (SSSR count). The van der Waals surface area contributed by atoms with Gasteiger partial charge in [-0.1, -0.05) is 35.9 Å². The Hall–Kier alpha value is -4.10. The molecule has 4 aromatic rings. The van der Waals surface area contributed by atoms with Gasteiger partial charge in [0.15, 0.2) is 11.4 Å². The van der Waals surface area contributed by atoms with Gasteiger partial charge >= 0.3 is 0 Å². The molecule has 2 heterocycles. The largest absolute Gasteiger partial charge is 0.453 e. The third kappa shape index (κ3) is 4.97. The first-order valence-electron chi connectivity index (χ1n) is 11.8. The summed E-state index contributed by atoms with van der Waals surface area (Å²) in [5.74, 6) is 0.875. The molecule has 0 bridgehead atoms. The Balaban J connectivity index is 1.51. The smallest absolute Gasteiger partial charge is 0.299 e. The maximum atomic E-state index is 13.6. The molecule has 36 heavy (non-hydrogen) atoms. The number of aryl methyl sites for hydroxylation is 1. The first-order valence-corrected chi connectivity index (χ1v) is 12.2. The van der Waals surface area contributed by atoms with Crippen LogP contribution in [0.4, 0.5) is 11.4 Å². The van der Waals surface area contributed by atoms with Crippen molar-refractivity contribution in [2.24, 2.45) is 0 Å². The molecule has 1 aliphatic rings. The number of nitrogens with zero attached hydrogens (tertiary/aromatic N) is 3. The van der Waals surface area contributed by atoms with Crippen LogP contribution in [0, 0.1) is 6.92 Å². The van der Waals surface area contributed by atoms with Crippen molar-refractivity contribution in [3.8, 4) is 17.2 Å². The van der Waals surface area contributed by atoms with Gasteiger partial charge in [-0.25, -0.2) is 0 Å². The SMILES string of the molecule is Cc1cccc(Oc2cnn(-c3ccccc3Cl)c(=O)c2Nc2ccc(C(=O)N3CCCC3)cc2)c1. The summed E-state index contributed by atoms with van der Waals surface area (Å²) >= 11 is 6.34. The van der Waals surface area contributed by atoms with Crippen LogP contribution in [0.1, 0.15) is 28.8 Å². The highest BCUT2D eigenvalue weighted by Gasteiger charge is 2.20. The number of benzene rings is 3. The normalized spacial score (nSPS) is 13.0. The van der Waals surface area contributed by atoms with Crippen molar-refractivity contribution >= 4 is 28.9 Å². The van der Waals surface area contributed by atoms with Crippen molar-refractivity contribution in [3.05, 3.63) is 105 Å². The molecule has 1 aliphatic heterocycles. The van der Waals surface area contributed by atoms with Gasteiger partial charge in [-0.3, -0.25) is 9.59 Å². The molecule has 3 aromatic carbocycles. The van der Waals surface area contributed by atoms with Gasteiger partial charge < -0.3 is 15.0 Å². The van der Waals surface area contributed by atoms with E-state index >= 15 is 0 Å². The standard InChI is InChI=1S/C28H25ClN4O3/c1-19-7-6-8-22(17-19)36-25-18-30-33(24-10-3-2-9-23(24)29)28(35)26(25)31-21-13-11-20(12-14-21)27(34)32-15-4-5-16-32/h2-3,6-14,17-18,31H,4-5,15-16H2,1H3. The second-order valence-corrected chi connectivity index (χ2v) is 9.08. The molecule has 0 atom stereocenters. The zero-order valence-corrected chi connectivity index (χ0v) is 20.5. The van der Waals surface area contributed by atoms with E-state index in [1.165, 1.54) is 10.9 Å². The van der Waals surface area contributed by atoms with E-state index in [1.54, 1.807) is 48.5 Å². The predicted octanol–water partition coefficient (Wildman–Crippen LogP) is 5.97. The zero-order valence-electron chi connectivity index (χ0n) is 19.8. The Kier molecular flexibility index (Phi) is 6.73. The first kappa shape index (κ1) is 23.6. The second-order valence-electron chi connectivity index (χ2n) is 8.67. The van der Waals surface area contributed by atoms with Crippen LogP contribution in [-0.4, -0.2) is 33.7 Å². The molecule has 8 heteroatoms. The van der Waals surface area contributed by atoms with Crippen LogP contribution in [0.5, 0.6) is 11.5 Å². The molecular weight excluding hydrogens is 476 g/mol. The van der Waals surface area contributed by atoms with Gasteiger partial charge in [-0.05, 0) is 73.9 Å². The van der Waals surface area contributed by atoms with E-state index in [-0.39, 0.29) is 17.3 Å². The van der Waals surface area contributed by atoms with Crippen LogP contribution in [0.25, 0.3) is 5.69 Å². The van der Waals surface area contributed by atoms with E-state index < -0.39 is 5.56 Å². The van der Waals surface area contributed by atoms with Gasteiger partial charge in [-0.2, -0.15) is 9.78 Å². The maximum absolute atomic E-state index is 13.6. The summed E-state index contributed by atoms with van der Waals surface area (Å²) in [7, 11) is 0. The molecule has 0 radical (unpaired) electrons. The number of hydrogen-bond donors (Lipinski definition) is 1. The van der Waals surface area contributed by atoms with Crippen molar-refractivity contribution in [1.82, 2.24) is 14.7 Å². The maximum Gasteiger partial charge on any atom is 0.299 e. The average molecular weight is 501 g/mol. The van der Waals surface area contributed by atoms with Gasteiger partial charge in [0.2, 0.25) is 0 Å². The lowest BCUT2D eigenvalue weighted by Gasteiger charge is -2.17. The fourth-order valence-corrected chi connectivity index (χ4v) is 4.39. The number of likely N-dealkylation sites (tertiary alicyclic amines) is 1. The van der Waals surface area contributed by atoms with E-state index in [2.05, 4.69) is 10.4 Å². The molecule has 1 aromatic heterocycles. The lowest BCUT2D eigenvalue weighted by atomic mass is 10.2. The minimum atomic E-state index is -0.425. The molecule has 182 valence electrons. The Morgan fingerprint density at radius 3 is 2.47 bits per heavy atom. The van der Waals surface area contributed by atoms with Gasteiger partial charge in [0, 0.05) is 24.3 Å². The number of anilines is 2. The van der Waals surface area contributed by atoms with E-state index in [0.29, 0.717) is 27.7 Å². The van der Waals surface area contributed by atoms with Crippen LogP contribution in [0.3, 0.4) is 0 Å². The van der Waals surface area contributed by atoms with Crippen molar-refractivity contribution < 1.29 is 9.53 Å². The summed E-state index contributed by atoms with van der Waals surface area (Å²) < 4.78 is 7.30. The molecule has 0 saturated carbocycles. The number of halogens is 1. The number of ether oxygens (including phenoxy) is 1. The number of carbonyl (C=O) groups excluding carboxylic acids is 1. The van der Waals surface area contributed by atoms with Crippen LogP contribution in [0.2, 0.25) is 5.02 Å². The third-order valence-corrected chi connectivity index (χ3v) is 6.36. The van der Waals surface area contributed by atoms with Crippen molar-refractivity contribution in [1.29, 1.82) is 0 Å². The zero-order chi connectivity index (χ0) is 25.1. The lowest BCUT2D eigenvalue weighted by Crippen LogP contribution is -2.27. The summed E-state index contributed by atoms with van der Waals surface area (Å²) in [6.45, 7) is 3.54. The van der Waals surface area contributed by atoms with Crippen LogP contribution >= 0.6 is 11.6 Å². The lowest BCUT2D eigenvalue weighted by molar-refractivity contribution is 0.0793. The highest BCUT2D eigenvalue weighted by Crippen LogP contribution is 2.30. The number of aromatic nitrogens is 2. The van der Waals surface area contributed by atoms with Gasteiger partial charge in [0.05, 0.1) is 16.9 Å². The highest BCUT2D eigenvalue weighted by atomic mass is 35.5. The molecule has 1 amide bonds. The topological polar surface area (TPSA) is 76.5 Å². The number of nitrogens with one attached hydrogen (secondary N) is 1. The molecular formula is C28H25ClN4O3. The fraction of sp³-hybridized carbons (Fsp3) is 0.179. The summed E-state index contributed by atoms with van der Waals surface area (Å²) in [6, 6.07) is 21.6. The minimum absolute atomic E-state index is 0.0208. The average Bonchev–Trinajstić information content (AvgIpc) is 3.42. The number of hydrogen-bond acceptors (Lipinski definition) is 5. The second kappa shape index (κ2) is 10.3. The summed E-state index contributed by atoms with van der Waals surface area (Å²) in [5.41, 5.74) is 2.51. The van der Waals surface area contributed by atoms with Gasteiger partial charge in [-0.15, -0.1) is 0 Å². The van der Waals surface area contributed by atoms with Crippen molar-refractivity contribution in [3.63, 3.8) is 0 Å². The highest BCUT2D eigenvalue weighted by molar-refractivity contribution is 6.32. The quantitative estimate of drug-likeness (QED) is 0.353. The molecule has 0 aliphatic carbocycles. The number of para-hydroxylation sites is 1.